The Morgan fingerprint density at radius 2 is 2.19 bits per heavy atom. The Labute approximate surface area is 94.7 Å². The number of benzene rings is 1. The van der Waals surface area contributed by atoms with Gasteiger partial charge in [0.25, 0.3) is 0 Å². The first-order chi connectivity index (χ1) is 7.48. The molecule has 1 aromatic rings. The molecular weight excluding hydrogens is 228 g/mol. The Bertz CT molecular complexity index is 517. The van der Waals surface area contributed by atoms with Gasteiger partial charge in [0.05, 0.1) is 18.9 Å². The molecule has 5 nitrogen and oxygen atoms in total. The molecule has 86 valence electrons. The van der Waals surface area contributed by atoms with Gasteiger partial charge < -0.3 is 4.74 Å². The van der Waals surface area contributed by atoms with Gasteiger partial charge in [-0.3, -0.25) is 4.72 Å². The molecule has 0 heterocycles. The van der Waals surface area contributed by atoms with E-state index >= 15 is 0 Å². The highest BCUT2D eigenvalue weighted by Gasteiger charge is 2.11. The monoisotopic (exact) mass is 240 g/mol. The van der Waals surface area contributed by atoms with E-state index in [1.54, 1.807) is 31.2 Å². The van der Waals surface area contributed by atoms with Crippen LogP contribution in [0.25, 0.3) is 0 Å². The number of nitrogens with one attached hydrogen (secondary N) is 1. The molecule has 1 aromatic carbocycles. The van der Waals surface area contributed by atoms with Crippen LogP contribution in [0, 0.1) is 18.3 Å². The topological polar surface area (TPSA) is 79.2 Å². The zero-order valence-corrected chi connectivity index (χ0v) is 9.84. The first kappa shape index (κ1) is 12.3. The van der Waals surface area contributed by atoms with Crippen LogP contribution >= 0.6 is 0 Å². The first-order valence-electron chi connectivity index (χ1n) is 4.50. The van der Waals surface area contributed by atoms with Crippen molar-refractivity contribution in [1.82, 2.24) is 0 Å². The normalized spacial score (nSPS) is 10.6. The molecule has 0 spiro atoms. The summed E-state index contributed by atoms with van der Waals surface area (Å²) in [5.41, 5.74) is 1.19. The van der Waals surface area contributed by atoms with Gasteiger partial charge in [0.1, 0.15) is 5.75 Å². The van der Waals surface area contributed by atoms with E-state index in [4.69, 9.17) is 10.00 Å². The molecule has 1 N–H and O–H groups in total. The van der Waals surface area contributed by atoms with Crippen LogP contribution in [-0.2, 0) is 10.0 Å². The largest absolute Gasteiger partial charge is 0.497 e. The molecule has 0 aliphatic carbocycles. The number of sulfonamides is 1. The van der Waals surface area contributed by atoms with Crippen molar-refractivity contribution in [1.29, 1.82) is 5.26 Å². The van der Waals surface area contributed by atoms with E-state index in [0.717, 1.165) is 5.56 Å². The number of aryl methyl sites for hydroxylation is 1. The van der Waals surface area contributed by atoms with Crippen LogP contribution in [0.2, 0.25) is 0 Å². The van der Waals surface area contributed by atoms with Crippen LogP contribution < -0.4 is 9.46 Å². The molecular formula is C10H12N2O3S. The van der Waals surface area contributed by atoms with E-state index in [-0.39, 0.29) is 0 Å². The van der Waals surface area contributed by atoms with Crippen LogP contribution in [0.1, 0.15) is 5.56 Å². The quantitative estimate of drug-likeness (QED) is 0.859. The third-order valence-corrected chi connectivity index (χ3v) is 2.99. The summed E-state index contributed by atoms with van der Waals surface area (Å²) in [6.45, 7) is 1.76. The molecule has 0 unspecified atom stereocenters. The van der Waals surface area contributed by atoms with E-state index in [2.05, 4.69) is 4.72 Å². The smallest absolute Gasteiger partial charge is 0.246 e. The lowest BCUT2D eigenvalue weighted by atomic mass is 10.2. The number of hydrogen-bond acceptors (Lipinski definition) is 4. The maximum absolute atomic E-state index is 11.3. The molecule has 0 fully saturated rings. The molecule has 0 radical (unpaired) electrons. The number of nitrogens with zero attached hydrogens (tertiary/aromatic N) is 1. The average Bonchev–Trinajstić information content (AvgIpc) is 2.20. The summed E-state index contributed by atoms with van der Waals surface area (Å²) in [5.74, 6) is 0.0964. The minimum atomic E-state index is -3.58. The molecule has 0 saturated heterocycles. The summed E-state index contributed by atoms with van der Waals surface area (Å²) in [6.07, 6.45) is 0. The van der Waals surface area contributed by atoms with Gasteiger partial charge in [-0.15, -0.1) is 0 Å². The molecule has 0 aromatic heterocycles. The van der Waals surface area contributed by atoms with Crippen molar-refractivity contribution in [3.8, 4) is 11.8 Å². The third kappa shape index (κ3) is 3.14. The van der Waals surface area contributed by atoms with Crippen molar-refractivity contribution < 1.29 is 13.2 Å². The molecule has 0 amide bonds. The van der Waals surface area contributed by atoms with Crippen molar-refractivity contribution >= 4 is 15.7 Å². The van der Waals surface area contributed by atoms with Gasteiger partial charge >= 0.3 is 0 Å². The van der Waals surface area contributed by atoms with Crippen molar-refractivity contribution in [3.05, 3.63) is 23.8 Å². The van der Waals surface area contributed by atoms with Gasteiger partial charge in [0.15, 0.2) is 5.75 Å². The van der Waals surface area contributed by atoms with Gasteiger partial charge in [-0.1, -0.05) is 0 Å². The van der Waals surface area contributed by atoms with Gasteiger partial charge in [0.2, 0.25) is 10.0 Å². The predicted molar refractivity (Wildman–Crippen MR) is 60.8 cm³/mol. The fraction of sp³-hybridized carbons (Fsp3) is 0.300. The summed E-state index contributed by atoms with van der Waals surface area (Å²) < 4.78 is 30.0. The Balaban J connectivity index is 2.96. The molecule has 0 aliphatic heterocycles. The number of methoxy groups -OCH3 is 1. The Kier molecular flexibility index (Phi) is 3.74. The summed E-state index contributed by atoms with van der Waals surface area (Å²) in [4.78, 5) is 0. The zero-order valence-electron chi connectivity index (χ0n) is 9.02. The van der Waals surface area contributed by atoms with Crippen molar-refractivity contribution in [2.45, 2.75) is 6.92 Å². The van der Waals surface area contributed by atoms with E-state index in [1.807, 2.05) is 0 Å². The lowest BCUT2D eigenvalue weighted by molar-refractivity contribution is 0.414. The number of rotatable bonds is 4. The maximum Gasteiger partial charge on any atom is 0.246 e. The second-order valence-electron chi connectivity index (χ2n) is 3.20. The fourth-order valence-electron chi connectivity index (χ4n) is 1.17. The zero-order chi connectivity index (χ0) is 12.2. The van der Waals surface area contributed by atoms with Gasteiger partial charge in [-0.25, -0.2) is 8.42 Å². The second kappa shape index (κ2) is 4.86. The van der Waals surface area contributed by atoms with Crippen LogP contribution in [0.4, 0.5) is 5.69 Å². The Morgan fingerprint density at radius 1 is 1.50 bits per heavy atom. The van der Waals surface area contributed by atoms with E-state index in [1.165, 1.54) is 7.11 Å². The maximum atomic E-state index is 11.3. The summed E-state index contributed by atoms with van der Waals surface area (Å²) in [7, 11) is -2.04. The van der Waals surface area contributed by atoms with Crippen molar-refractivity contribution in [2.24, 2.45) is 0 Å². The van der Waals surface area contributed by atoms with Gasteiger partial charge in [0, 0.05) is 0 Å². The first-order valence-corrected chi connectivity index (χ1v) is 6.16. The summed E-state index contributed by atoms with van der Waals surface area (Å²) >= 11 is 0. The standard InChI is InChI=1S/C10H12N2O3S/c1-8-7-9(15-2)3-4-10(8)12-16(13,14)6-5-11/h3-4,7,12H,6H2,1-2H3. The Morgan fingerprint density at radius 3 is 2.69 bits per heavy atom. The molecule has 0 bridgehead atoms. The minimum Gasteiger partial charge on any atom is -0.497 e. The number of hydrogen-bond donors (Lipinski definition) is 1. The highest BCUT2D eigenvalue weighted by Crippen LogP contribution is 2.21. The molecule has 0 atom stereocenters. The molecule has 0 saturated carbocycles. The van der Waals surface area contributed by atoms with Crippen LogP contribution in [-0.4, -0.2) is 21.3 Å². The number of ether oxygens (including phenoxy) is 1. The summed E-state index contributed by atoms with van der Waals surface area (Å²) in [6, 6.07) is 6.56. The summed E-state index contributed by atoms with van der Waals surface area (Å²) in [5, 5.41) is 8.34. The molecule has 0 aliphatic rings. The van der Waals surface area contributed by atoms with Crippen molar-refractivity contribution in [3.63, 3.8) is 0 Å². The molecule has 1 rings (SSSR count). The lowest BCUT2D eigenvalue weighted by Crippen LogP contribution is -2.16. The van der Waals surface area contributed by atoms with Gasteiger partial charge in [-0.05, 0) is 30.7 Å². The minimum absolute atomic E-state index is 0.455. The third-order valence-electron chi connectivity index (χ3n) is 1.95. The number of anilines is 1. The van der Waals surface area contributed by atoms with Crippen LogP contribution in [0.3, 0.4) is 0 Å². The Hall–Kier alpha value is -1.74. The number of nitriles is 1. The SMILES string of the molecule is COc1ccc(NS(=O)(=O)CC#N)c(C)c1. The van der Waals surface area contributed by atoms with Crippen LogP contribution in [0.15, 0.2) is 18.2 Å². The lowest BCUT2D eigenvalue weighted by Gasteiger charge is -2.09. The van der Waals surface area contributed by atoms with Crippen molar-refractivity contribution in [2.75, 3.05) is 17.6 Å². The van der Waals surface area contributed by atoms with E-state index in [0.29, 0.717) is 11.4 Å². The van der Waals surface area contributed by atoms with E-state index < -0.39 is 15.8 Å². The van der Waals surface area contributed by atoms with Crippen LogP contribution in [0.5, 0.6) is 5.75 Å². The second-order valence-corrected chi connectivity index (χ2v) is 4.92. The van der Waals surface area contributed by atoms with E-state index in [9.17, 15) is 8.42 Å². The highest BCUT2D eigenvalue weighted by atomic mass is 32.2. The fourth-order valence-corrected chi connectivity index (χ4v) is 1.97. The molecule has 16 heavy (non-hydrogen) atoms. The highest BCUT2D eigenvalue weighted by molar-refractivity contribution is 7.92. The van der Waals surface area contributed by atoms with Gasteiger partial charge in [-0.2, -0.15) is 5.26 Å². The predicted octanol–water partition coefficient (Wildman–Crippen LogP) is 1.27. The molecule has 6 heteroatoms. The average molecular weight is 240 g/mol.